The van der Waals surface area contributed by atoms with Crippen LogP contribution < -0.4 is 0 Å². The molecule has 4 heterocycles. The van der Waals surface area contributed by atoms with Gasteiger partial charge in [-0.2, -0.15) is 0 Å². The molecule has 0 N–H and O–H groups in total. The summed E-state index contributed by atoms with van der Waals surface area (Å²) in [5.74, 6) is 0. The van der Waals surface area contributed by atoms with Crippen LogP contribution in [0.5, 0.6) is 0 Å². The highest BCUT2D eigenvalue weighted by atomic mass is 32.3. The fraction of sp³-hybridized carbons (Fsp3) is 0. The van der Waals surface area contributed by atoms with E-state index in [-0.39, 0.29) is 0 Å². The first kappa shape index (κ1) is 36.3. The van der Waals surface area contributed by atoms with Crippen molar-refractivity contribution in [1.29, 1.82) is 0 Å². The van der Waals surface area contributed by atoms with Crippen LogP contribution in [0.2, 0.25) is 0 Å². The van der Waals surface area contributed by atoms with Crippen molar-refractivity contribution in [3.8, 4) is 11.4 Å². The van der Waals surface area contributed by atoms with Crippen molar-refractivity contribution in [2.45, 2.75) is 19.6 Å². The molecule has 14 rings (SSSR count). The Bertz CT molecular complexity index is 3810. The molecule has 0 radical (unpaired) electrons. The highest BCUT2D eigenvalue weighted by Crippen LogP contribution is 2.76. The minimum Gasteiger partial charge on any atom is -0.455 e. The Morgan fingerprint density at radius 3 is 1.00 bits per heavy atom. The van der Waals surface area contributed by atoms with E-state index >= 15 is 0 Å². The first-order valence-electron chi connectivity index (χ1n) is 22.1. The molecular formula is C60H38N2O2S. The smallest absolute Gasteiger partial charge is 0.148 e. The van der Waals surface area contributed by atoms with E-state index < -0.39 is 10.0 Å². The highest BCUT2D eigenvalue weighted by molar-refractivity contribution is 8.34. The summed E-state index contributed by atoms with van der Waals surface area (Å²) in [7, 11) is -2.28. The molecule has 0 bridgehead atoms. The maximum Gasteiger partial charge on any atom is 0.148 e. The zero-order chi connectivity index (χ0) is 42.6. The average molecular weight is 851 g/mol. The van der Waals surface area contributed by atoms with E-state index in [1.54, 1.807) is 0 Å². The molecule has 0 aliphatic heterocycles. The Balaban J connectivity index is 1.04. The molecule has 4 aromatic heterocycles. The third-order valence-electron chi connectivity index (χ3n) is 13.4. The van der Waals surface area contributed by atoms with Crippen LogP contribution in [0.4, 0.5) is 0 Å². The molecule has 0 atom stereocenters. The van der Waals surface area contributed by atoms with Crippen LogP contribution in [0, 0.1) is 0 Å². The van der Waals surface area contributed by atoms with Gasteiger partial charge in [-0.3, -0.25) is 0 Å². The van der Waals surface area contributed by atoms with Gasteiger partial charge in [0.1, 0.15) is 22.3 Å². The van der Waals surface area contributed by atoms with Crippen LogP contribution in [0.3, 0.4) is 0 Å². The second kappa shape index (κ2) is 13.9. The lowest BCUT2D eigenvalue weighted by atomic mass is 10.1. The predicted octanol–water partition coefficient (Wildman–Crippen LogP) is 17.0. The molecule has 65 heavy (non-hydrogen) atoms. The third-order valence-corrected chi connectivity index (χ3v) is 17.3. The number of benzene rings is 10. The van der Waals surface area contributed by atoms with E-state index in [0.717, 1.165) is 65.0 Å². The van der Waals surface area contributed by atoms with Crippen LogP contribution in [-0.4, -0.2) is 9.13 Å². The van der Waals surface area contributed by atoms with Crippen molar-refractivity contribution in [2.75, 3.05) is 0 Å². The second-order valence-corrected chi connectivity index (χ2v) is 19.9. The topological polar surface area (TPSA) is 36.1 Å². The van der Waals surface area contributed by atoms with Crippen LogP contribution in [0.25, 0.3) is 98.9 Å². The van der Waals surface area contributed by atoms with Gasteiger partial charge >= 0.3 is 0 Å². The van der Waals surface area contributed by atoms with Gasteiger partial charge in [0.2, 0.25) is 0 Å². The number of fused-ring (bicyclic) bond motifs is 12. The van der Waals surface area contributed by atoms with Crippen molar-refractivity contribution in [2.24, 2.45) is 0 Å². The molecule has 0 aliphatic carbocycles. The quantitative estimate of drug-likeness (QED) is 0.167. The maximum atomic E-state index is 7.18. The largest absolute Gasteiger partial charge is 0.455 e. The molecule has 0 saturated heterocycles. The van der Waals surface area contributed by atoms with Crippen LogP contribution >= 0.6 is 10.0 Å². The fourth-order valence-corrected chi connectivity index (χ4v) is 14.8. The lowest BCUT2D eigenvalue weighted by Gasteiger charge is -2.41. The van der Waals surface area contributed by atoms with Gasteiger partial charge in [-0.15, -0.1) is 10.0 Å². The van der Waals surface area contributed by atoms with E-state index in [9.17, 15) is 0 Å². The normalized spacial score (nSPS) is 12.6. The zero-order valence-corrected chi connectivity index (χ0v) is 35.9. The molecule has 10 aromatic carbocycles. The number of nitrogens with zero attached hydrogens (tertiary/aromatic N) is 2. The Labute approximate surface area is 375 Å². The van der Waals surface area contributed by atoms with E-state index in [0.29, 0.717) is 0 Å². The van der Waals surface area contributed by atoms with Crippen molar-refractivity contribution >= 4 is 97.5 Å². The molecule has 0 spiro atoms. The molecule has 0 aliphatic rings. The second-order valence-electron chi connectivity index (χ2n) is 16.8. The molecule has 0 amide bonds. The van der Waals surface area contributed by atoms with Gasteiger partial charge in [0.25, 0.3) is 0 Å². The summed E-state index contributed by atoms with van der Waals surface area (Å²) in [6, 6.07) is 83.4. The van der Waals surface area contributed by atoms with Crippen LogP contribution in [0.1, 0.15) is 0 Å². The van der Waals surface area contributed by atoms with Gasteiger partial charge in [0, 0.05) is 74.0 Å². The van der Waals surface area contributed by atoms with Gasteiger partial charge in [-0.25, -0.2) is 0 Å². The number of hydrogen-bond donors (Lipinski definition) is 0. The summed E-state index contributed by atoms with van der Waals surface area (Å²) in [4.78, 5) is 4.65. The summed E-state index contributed by atoms with van der Waals surface area (Å²) in [5, 5.41) is 9.28. The summed E-state index contributed by atoms with van der Waals surface area (Å²) >= 11 is 0. The Morgan fingerprint density at radius 1 is 0.277 bits per heavy atom. The zero-order valence-electron chi connectivity index (χ0n) is 35.1. The summed E-state index contributed by atoms with van der Waals surface area (Å²) in [5.41, 5.74) is 10.4. The third kappa shape index (κ3) is 5.10. The number of furan rings is 2. The lowest BCUT2D eigenvalue weighted by Crippen LogP contribution is -2.06. The van der Waals surface area contributed by atoms with Gasteiger partial charge in [-0.05, 0) is 97.1 Å². The molecule has 5 heteroatoms. The molecule has 0 unspecified atom stereocenters. The van der Waals surface area contributed by atoms with E-state index in [1.807, 2.05) is 0 Å². The standard InChI is InChI=1S/C60H38N2O2S/c1-3-17-41(18-4-1)65(42-19-5-2-6-20-42,57-31-15-25-47-49-37-39(33-35-55(49)63-59(47)57)61-51-27-11-7-21-43(51)44-22-8-12-28-52(44)61)58-32-16-26-48-50-38-40(34-36-56(50)64-60(48)58)62-53-29-13-9-23-45(53)46-24-10-14-30-54(46)62/h1-38H. The minimum absolute atomic E-state index is 0.853. The van der Waals surface area contributed by atoms with Crippen molar-refractivity contribution < 1.29 is 8.83 Å². The summed E-state index contributed by atoms with van der Waals surface area (Å²) in [6.07, 6.45) is 0. The van der Waals surface area contributed by atoms with Crippen molar-refractivity contribution in [1.82, 2.24) is 9.13 Å². The van der Waals surface area contributed by atoms with E-state index in [1.165, 1.54) is 53.4 Å². The SMILES string of the molecule is c1ccc(S(c2ccccc2)(c2cccc3c2oc2ccc(-n4c5ccccc5c5ccccc54)cc23)c2cccc3c2oc2ccc(-n4c5ccccc5c5ccccc54)cc23)cc1. The van der Waals surface area contributed by atoms with Crippen molar-refractivity contribution in [3.63, 3.8) is 0 Å². The Kier molecular flexibility index (Phi) is 7.74. The van der Waals surface area contributed by atoms with Gasteiger partial charge in [0.15, 0.2) is 0 Å². The number of hydrogen-bond acceptors (Lipinski definition) is 2. The molecule has 14 aromatic rings. The summed E-state index contributed by atoms with van der Waals surface area (Å²) < 4.78 is 19.1. The number of para-hydroxylation sites is 6. The van der Waals surface area contributed by atoms with E-state index in [4.69, 9.17) is 8.83 Å². The average Bonchev–Trinajstić information content (AvgIpc) is 4.13. The fourth-order valence-electron chi connectivity index (χ4n) is 10.7. The maximum absolute atomic E-state index is 7.18. The van der Waals surface area contributed by atoms with Gasteiger partial charge < -0.3 is 18.0 Å². The van der Waals surface area contributed by atoms with E-state index in [2.05, 4.69) is 240 Å². The molecule has 4 nitrogen and oxygen atoms in total. The number of aromatic nitrogens is 2. The highest BCUT2D eigenvalue weighted by Gasteiger charge is 2.38. The first-order chi connectivity index (χ1) is 32.3. The molecule has 306 valence electrons. The van der Waals surface area contributed by atoms with Crippen LogP contribution in [-0.2, 0) is 0 Å². The summed E-state index contributed by atoms with van der Waals surface area (Å²) in [6.45, 7) is 0. The van der Waals surface area contributed by atoms with Gasteiger partial charge in [0.05, 0.1) is 22.1 Å². The van der Waals surface area contributed by atoms with Crippen molar-refractivity contribution in [3.05, 3.63) is 231 Å². The molecular weight excluding hydrogens is 813 g/mol. The minimum atomic E-state index is -2.28. The van der Waals surface area contributed by atoms with Crippen LogP contribution in [0.15, 0.2) is 259 Å². The Morgan fingerprint density at radius 2 is 0.615 bits per heavy atom. The lowest BCUT2D eigenvalue weighted by molar-refractivity contribution is 0.657. The first-order valence-corrected chi connectivity index (χ1v) is 23.7. The molecule has 0 saturated carbocycles. The monoisotopic (exact) mass is 850 g/mol. The Hall–Kier alpha value is -8.25. The van der Waals surface area contributed by atoms with Gasteiger partial charge in [-0.1, -0.05) is 133 Å². The predicted molar refractivity (Wildman–Crippen MR) is 270 cm³/mol. The number of rotatable bonds is 6. The molecule has 0 fully saturated rings.